The lowest BCUT2D eigenvalue weighted by Gasteiger charge is -2.49. The standard InChI is InChI=1S/C22H26O3/c1-14-16-12-13-22(2)18(17(16)8-10-19(14)23)9-11-20(22)25-21(24)15-6-4-3-5-7-15/h3-8,10,14,16-18,20H,9,11-13H2,1-2H3/t14-,16+,17+,18-,20-,22-/m0/s1. The maximum absolute atomic E-state index is 12.5. The molecular formula is C22H26O3. The minimum absolute atomic E-state index is 0.0208. The highest BCUT2D eigenvalue weighted by Gasteiger charge is 2.56. The van der Waals surface area contributed by atoms with Gasteiger partial charge in [-0.2, -0.15) is 0 Å². The van der Waals surface area contributed by atoms with Gasteiger partial charge in [0.15, 0.2) is 5.78 Å². The average molecular weight is 338 g/mol. The summed E-state index contributed by atoms with van der Waals surface area (Å²) in [6.07, 6.45) is 8.02. The van der Waals surface area contributed by atoms with Crippen LogP contribution in [0.15, 0.2) is 42.5 Å². The Balaban J connectivity index is 1.54. The molecule has 6 atom stereocenters. The first-order valence-electron chi connectivity index (χ1n) is 9.49. The molecule has 0 N–H and O–H groups in total. The van der Waals surface area contributed by atoms with Gasteiger partial charge in [-0.05, 0) is 61.6 Å². The van der Waals surface area contributed by atoms with Crippen molar-refractivity contribution < 1.29 is 14.3 Å². The molecule has 132 valence electrons. The van der Waals surface area contributed by atoms with Crippen LogP contribution in [0.4, 0.5) is 0 Å². The molecule has 0 aliphatic heterocycles. The molecule has 3 nitrogen and oxygen atoms in total. The van der Waals surface area contributed by atoms with E-state index in [2.05, 4.69) is 19.9 Å². The Hall–Kier alpha value is -1.90. The second-order valence-corrected chi connectivity index (χ2v) is 8.28. The first kappa shape index (κ1) is 16.6. The number of hydrogen-bond acceptors (Lipinski definition) is 3. The van der Waals surface area contributed by atoms with E-state index in [1.807, 2.05) is 30.3 Å². The number of fused-ring (bicyclic) bond motifs is 3. The summed E-state index contributed by atoms with van der Waals surface area (Å²) in [6.45, 7) is 4.37. The number of carbonyl (C=O) groups is 2. The number of allylic oxidation sites excluding steroid dienone is 2. The molecule has 3 aliphatic rings. The molecule has 0 heterocycles. The van der Waals surface area contributed by atoms with E-state index in [1.165, 1.54) is 0 Å². The van der Waals surface area contributed by atoms with E-state index in [0.29, 0.717) is 23.3 Å². The maximum atomic E-state index is 12.5. The smallest absolute Gasteiger partial charge is 0.338 e. The molecule has 0 unspecified atom stereocenters. The number of esters is 1. The molecule has 0 saturated heterocycles. The predicted molar refractivity (Wildman–Crippen MR) is 96.0 cm³/mol. The van der Waals surface area contributed by atoms with Crippen molar-refractivity contribution in [2.24, 2.45) is 29.1 Å². The van der Waals surface area contributed by atoms with Crippen molar-refractivity contribution in [3.63, 3.8) is 0 Å². The van der Waals surface area contributed by atoms with Gasteiger partial charge >= 0.3 is 5.97 Å². The Morgan fingerprint density at radius 2 is 1.92 bits per heavy atom. The van der Waals surface area contributed by atoms with Crippen LogP contribution in [0.5, 0.6) is 0 Å². The summed E-state index contributed by atoms with van der Waals surface area (Å²) in [7, 11) is 0. The van der Waals surface area contributed by atoms with Crippen LogP contribution in [0.3, 0.4) is 0 Å². The Labute approximate surface area is 149 Å². The maximum Gasteiger partial charge on any atom is 0.338 e. The molecule has 3 heteroatoms. The fraction of sp³-hybridized carbons (Fsp3) is 0.545. The van der Waals surface area contributed by atoms with Crippen molar-refractivity contribution in [1.29, 1.82) is 0 Å². The summed E-state index contributed by atoms with van der Waals surface area (Å²) in [5.74, 6) is 1.61. The molecule has 0 radical (unpaired) electrons. The summed E-state index contributed by atoms with van der Waals surface area (Å²) < 4.78 is 5.97. The molecule has 4 rings (SSSR count). The van der Waals surface area contributed by atoms with E-state index in [1.54, 1.807) is 6.08 Å². The zero-order valence-electron chi connectivity index (χ0n) is 15.0. The molecule has 0 amide bonds. The van der Waals surface area contributed by atoms with E-state index in [0.717, 1.165) is 25.7 Å². The third-order valence-electron chi connectivity index (χ3n) is 7.13. The van der Waals surface area contributed by atoms with Gasteiger partial charge in [-0.25, -0.2) is 4.79 Å². The quantitative estimate of drug-likeness (QED) is 0.749. The molecule has 1 aromatic carbocycles. The van der Waals surface area contributed by atoms with Crippen LogP contribution >= 0.6 is 0 Å². The van der Waals surface area contributed by atoms with E-state index in [9.17, 15) is 9.59 Å². The molecule has 1 aromatic rings. The van der Waals surface area contributed by atoms with Gasteiger partial charge in [-0.15, -0.1) is 0 Å². The van der Waals surface area contributed by atoms with Gasteiger partial charge in [0.25, 0.3) is 0 Å². The van der Waals surface area contributed by atoms with Crippen LogP contribution in [0.25, 0.3) is 0 Å². The largest absolute Gasteiger partial charge is 0.458 e. The van der Waals surface area contributed by atoms with Gasteiger partial charge in [0, 0.05) is 11.3 Å². The second kappa shape index (κ2) is 6.12. The van der Waals surface area contributed by atoms with Gasteiger partial charge in [-0.1, -0.05) is 38.1 Å². The molecule has 0 bridgehead atoms. The predicted octanol–water partition coefficient (Wildman–Crippen LogP) is 4.43. The fourth-order valence-corrected chi connectivity index (χ4v) is 5.57. The zero-order chi connectivity index (χ0) is 17.6. The van der Waals surface area contributed by atoms with Crippen molar-refractivity contribution in [2.75, 3.05) is 0 Å². The van der Waals surface area contributed by atoms with Gasteiger partial charge in [0.1, 0.15) is 6.10 Å². The van der Waals surface area contributed by atoms with Crippen molar-refractivity contribution >= 4 is 11.8 Å². The summed E-state index contributed by atoms with van der Waals surface area (Å²) in [5, 5.41) is 0. The third kappa shape index (κ3) is 2.65. The van der Waals surface area contributed by atoms with E-state index in [-0.39, 0.29) is 29.2 Å². The van der Waals surface area contributed by atoms with Crippen LogP contribution in [-0.2, 0) is 9.53 Å². The summed E-state index contributed by atoms with van der Waals surface area (Å²) in [5.41, 5.74) is 0.649. The van der Waals surface area contributed by atoms with E-state index in [4.69, 9.17) is 4.74 Å². The highest BCUT2D eigenvalue weighted by Crippen LogP contribution is 2.59. The molecule has 25 heavy (non-hydrogen) atoms. The van der Waals surface area contributed by atoms with Crippen molar-refractivity contribution in [2.45, 2.75) is 45.6 Å². The Morgan fingerprint density at radius 3 is 2.68 bits per heavy atom. The zero-order valence-corrected chi connectivity index (χ0v) is 15.0. The van der Waals surface area contributed by atoms with Crippen LogP contribution in [-0.4, -0.2) is 17.9 Å². The molecule has 2 saturated carbocycles. The Kier molecular flexibility index (Phi) is 4.05. The lowest BCUT2D eigenvalue weighted by molar-refractivity contribution is -0.123. The van der Waals surface area contributed by atoms with Gasteiger partial charge in [0.05, 0.1) is 5.56 Å². The highest BCUT2D eigenvalue weighted by molar-refractivity contribution is 5.92. The highest BCUT2D eigenvalue weighted by atomic mass is 16.5. The van der Waals surface area contributed by atoms with Crippen molar-refractivity contribution in [1.82, 2.24) is 0 Å². The van der Waals surface area contributed by atoms with Crippen LogP contribution in [0.1, 0.15) is 49.9 Å². The van der Waals surface area contributed by atoms with Crippen LogP contribution in [0, 0.1) is 29.1 Å². The first-order valence-corrected chi connectivity index (χ1v) is 9.49. The van der Waals surface area contributed by atoms with E-state index >= 15 is 0 Å². The minimum Gasteiger partial charge on any atom is -0.458 e. The normalized spacial score (nSPS) is 39.6. The molecule has 2 fully saturated rings. The molecule has 0 aromatic heterocycles. The minimum atomic E-state index is -0.211. The molecule has 0 spiro atoms. The SMILES string of the molecule is C[C@@H]1C(=O)C=C[C@@H]2[C@@H]1CC[C@]1(C)[C@@H](OC(=O)c3ccccc3)CC[C@@H]21. The summed E-state index contributed by atoms with van der Waals surface area (Å²) in [6, 6.07) is 9.26. The van der Waals surface area contributed by atoms with Gasteiger partial charge in [0.2, 0.25) is 0 Å². The van der Waals surface area contributed by atoms with Crippen molar-refractivity contribution in [3.8, 4) is 0 Å². The average Bonchev–Trinajstić information content (AvgIpc) is 2.95. The summed E-state index contributed by atoms with van der Waals surface area (Å²) >= 11 is 0. The Bertz CT molecular complexity index is 707. The number of benzene rings is 1. The second-order valence-electron chi connectivity index (χ2n) is 8.28. The lowest BCUT2D eigenvalue weighted by atomic mass is 9.56. The number of carbonyl (C=O) groups excluding carboxylic acids is 2. The van der Waals surface area contributed by atoms with Crippen LogP contribution in [0.2, 0.25) is 0 Å². The summed E-state index contributed by atoms with van der Waals surface area (Å²) in [4.78, 5) is 24.5. The van der Waals surface area contributed by atoms with Crippen LogP contribution < -0.4 is 0 Å². The van der Waals surface area contributed by atoms with E-state index < -0.39 is 0 Å². The number of ketones is 1. The molecular weight excluding hydrogens is 312 g/mol. The lowest BCUT2D eigenvalue weighted by Crippen LogP contribution is -2.47. The number of rotatable bonds is 2. The van der Waals surface area contributed by atoms with Gasteiger partial charge < -0.3 is 4.74 Å². The Morgan fingerprint density at radius 1 is 1.16 bits per heavy atom. The van der Waals surface area contributed by atoms with Crippen molar-refractivity contribution in [3.05, 3.63) is 48.0 Å². The molecule has 3 aliphatic carbocycles. The monoisotopic (exact) mass is 338 g/mol. The number of ether oxygens (including phenoxy) is 1. The number of hydrogen-bond donors (Lipinski definition) is 0. The third-order valence-corrected chi connectivity index (χ3v) is 7.13. The van der Waals surface area contributed by atoms with Gasteiger partial charge in [-0.3, -0.25) is 4.79 Å². The first-order chi connectivity index (χ1) is 12.0. The topological polar surface area (TPSA) is 43.4 Å². The fourth-order valence-electron chi connectivity index (χ4n) is 5.57.